The highest BCUT2D eigenvalue weighted by Gasteiger charge is 2.43. The molecule has 0 aliphatic heterocycles. The number of amides is 2. The van der Waals surface area contributed by atoms with Crippen LogP contribution >= 0.6 is 0 Å². The third-order valence-electron chi connectivity index (χ3n) is 4.87. The van der Waals surface area contributed by atoms with E-state index < -0.39 is 30.3 Å². The van der Waals surface area contributed by atoms with Crippen molar-refractivity contribution in [3.63, 3.8) is 0 Å². The van der Waals surface area contributed by atoms with E-state index in [2.05, 4.69) is 5.32 Å². The molecule has 0 saturated carbocycles. The van der Waals surface area contributed by atoms with Crippen molar-refractivity contribution < 1.29 is 37.0 Å². The van der Waals surface area contributed by atoms with Gasteiger partial charge >= 0.3 is 18.2 Å². The van der Waals surface area contributed by atoms with Crippen molar-refractivity contribution in [3.05, 3.63) is 53.1 Å². The molecule has 2 aromatic rings. The lowest BCUT2D eigenvalue weighted by Crippen LogP contribution is -2.38. The Bertz CT molecular complexity index is 976. The molecule has 0 saturated heterocycles. The summed E-state index contributed by atoms with van der Waals surface area (Å²) in [4.78, 5) is 23.9. The Kier molecular flexibility index (Phi) is 6.28. The van der Waals surface area contributed by atoms with Crippen LogP contribution in [0.5, 0.6) is 11.5 Å². The SMILES string of the molecule is COc1cc2c(cc1OC)[C@@H](OC(=O)Nc1ccc(C)cc1)C[C@@H]2NC(=O)C(F)(F)F. The number of fused-ring (bicyclic) bond motifs is 1. The summed E-state index contributed by atoms with van der Waals surface area (Å²) in [6.45, 7) is 1.90. The maximum Gasteiger partial charge on any atom is 0.471 e. The van der Waals surface area contributed by atoms with E-state index >= 15 is 0 Å². The average Bonchev–Trinajstić information content (AvgIpc) is 3.03. The number of carbonyl (C=O) groups is 2. The first-order valence-electron chi connectivity index (χ1n) is 9.30. The van der Waals surface area contributed by atoms with Gasteiger partial charge in [-0.25, -0.2) is 4.79 Å². The van der Waals surface area contributed by atoms with Gasteiger partial charge in [-0.3, -0.25) is 10.1 Å². The van der Waals surface area contributed by atoms with Crippen LogP contribution in [-0.4, -0.2) is 32.4 Å². The normalized spacial score (nSPS) is 17.5. The molecule has 1 aliphatic carbocycles. The smallest absolute Gasteiger partial charge is 0.471 e. The summed E-state index contributed by atoms with van der Waals surface area (Å²) in [5, 5.41) is 4.52. The van der Waals surface area contributed by atoms with Crippen LogP contribution in [0.4, 0.5) is 23.7 Å². The molecule has 0 radical (unpaired) electrons. The summed E-state index contributed by atoms with van der Waals surface area (Å²) in [7, 11) is 2.79. The van der Waals surface area contributed by atoms with Crippen LogP contribution in [0.2, 0.25) is 0 Å². The highest BCUT2D eigenvalue weighted by molar-refractivity contribution is 5.85. The minimum Gasteiger partial charge on any atom is -0.493 e. The largest absolute Gasteiger partial charge is 0.493 e. The molecule has 0 aromatic heterocycles. The van der Waals surface area contributed by atoms with Gasteiger partial charge in [0.1, 0.15) is 6.10 Å². The molecule has 0 fully saturated rings. The minimum absolute atomic E-state index is 0.0746. The number of hydrogen-bond acceptors (Lipinski definition) is 5. The van der Waals surface area contributed by atoms with Crippen LogP contribution in [0.1, 0.15) is 35.3 Å². The lowest BCUT2D eigenvalue weighted by molar-refractivity contribution is -0.174. The highest BCUT2D eigenvalue weighted by Crippen LogP contribution is 2.46. The Morgan fingerprint density at radius 3 is 2.13 bits per heavy atom. The molecule has 2 amide bonds. The van der Waals surface area contributed by atoms with Gasteiger partial charge in [-0.2, -0.15) is 13.2 Å². The van der Waals surface area contributed by atoms with E-state index in [4.69, 9.17) is 14.2 Å². The van der Waals surface area contributed by atoms with Gasteiger partial charge in [-0.1, -0.05) is 17.7 Å². The quantitative estimate of drug-likeness (QED) is 0.722. The molecule has 2 atom stereocenters. The molecule has 0 unspecified atom stereocenters. The predicted molar refractivity (Wildman–Crippen MR) is 105 cm³/mol. The van der Waals surface area contributed by atoms with Crippen LogP contribution < -0.4 is 20.1 Å². The first-order valence-corrected chi connectivity index (χ1v) is 9.30. The van der Waals surface area contributed by atoms with Crippen molar-refractivity contribution in [3.8, 4) is 11.5 Å². The zero-order valence-corrected chi connectivity index (χ0v) is 17.0. The second-order valence-electron chi connectivity index (χ2n) is 6.98. The maximum atomic E-state index is 12.8. The van der Waals surface area contributed by atoms with Crippen molar-refractivity contribution in [2.24, 2.45) is 0 Å². The van der Waals surface area contributed by atoms with Crippen molar-refractivity contribution in [1.29, 1.82) is 0 Å². The summed E-state index contributed by atoms with van der Waals surface area (Å²) in [6.07, 6.45) is -6.80. The molecule has 0 bridgehead atoms. The Morgan fingerprint density at radius 2 is 1.58 bits per heavy atom. The summed E-state index contributed by atoms with van der Waals surface area (Å²) in [5.41, 5.74) is 2.28. The van der Waals surface area contributed by atoms with Crippen LogP contribution in [0.15, 0.2) is 36.4 Å². The molecule has 7 nitrogen and oxygen atoms in total. The highest BCUT2D eigenvalue weighted by atomic mass is 19.4. The van der Waals surface area contributed by atoms with Gasteiger partial charge in [0, 0.05) is 17.7 Å². The van der Waals surface area contributed by atoms with E-state index in [-0.39, 0.29) is 12.2 Å². The number of methoxy groups -OCH3 is 2. The number of rotatable bonds is 5. The van der Waals surface area contributed by atoms with Gasteiger partial charge in [-0.05, 0) is 36.8 Å². The fourth-order valence-electron chi connectivity index (χ4n) is 3.36. The van der Waals surface area contributed by atoms with Crippen LogP contribution in [0.25, 0.3) is 0 Å². The first kappa shape index (κ1) is 22.3. The topological polar surface area (TPSA) is 85.9 Å². The average molecular weight is 438 g/mol. The van der Waals surface area contributed by atoms with E-state index in [1.807, 2.05) is 12.2 Å². The maximum absolute atomic E-state index is 12.8. The molecular formula is C21H21F3N2O5. The van der Waals surface area contributed by atoms with E-state index in [1.54, 1.807) is 24.3 Å². The number of carbonyl (C=O) groups excluding carboxylic acids is 2. The molecule has 0 spiro atoms. The van der Waals surface area contributed by atoms with Crippen LogP contribution in [-0.2, 0) is 9.53 Å². The van der Waals surface area contributed by atoms with Gasteiger partial charge in [0.05, 0.1) is 20.3 Å². The number of benzene rings is 2. The number of ether oxygens (including phenoxy) is 3. The molecular weight excluding hydrogens is 417 g/mol. The van der Waals surface area contributed by atoms with E-state index in [0.717, 1.165) is 5.56 Å². The molecule has 1 aliphatic rings. The van der Waals surface area contributed by atoms with E-state index in [0.29, 0.717) is 22.6 Å². The fourth-order valence-corrected chi connectivity index (χ4v) is 3.36. The second-order valence-corrected chi connectivity index (χ2v) is 6.98. The third-order valence-corrected chi connectivity index (χ3v) is 4.87. The van der Waals surface area contributed by atoms with Crippen molar-refractivity contribution >= 4 is 17.7 Å². The summed E-state index contributed by atoms with van der Waals surface area (Å²) < 4.78 is 54.2. The molecule has 3 rings (SSSR count). The Morgan fingerprint density at radius 1 is 1.00 bits per heavy atom. The zero-order valence-electron chi connectivity index (χ0n) is 17.0. The van der Waals surface area contributed by atoms with Gasteiger partial charge in [0.15, 0.2) is 11.5 Å². The van der Waals surface area contributed by atoms with Crippen LogP contribution in [0, 0.1) is 6.92 Å². The Labute approximate surface area is 176 Å². The number of alkyl halides is 3. The first-order chi connectivity index (χ1) is 14.6. The molecule has 31 heavy (non-hydrogen) atoms. The van der Waals surface area contributed by atoms with Gasteiger partial charge in [0.2, 0.25) is 0 Å². The summed E-state index contributed by atoms with van der Waals surface area (Å²) in [5.74, 6) is -1.49. The van der Waals surface area contributed by atoms with E-state index in [9.17, 15) is 22.8 Å². The second kappa shape index (κ2) is 8.75. The lowest BCUT2D eigenvalue weighted by atomic mass is 10.1. The number of hydrogen-bond donors (Lipinski definition) is 2. The lowest BCUT2D eigenvalue weighted by Gasteiger charge is -2.16. The molecule has 166 valence electrons. The summed E-state index contributed by atoms with van der Waals surface area (Å²) in [6, 6.07) is 8.97. The standard InChI is InChI=1S/C21H21F3N2O5/c1-11-4-6-12(7-5-11)25-20(28)31-16-10-15(26-19(27)21(22,23)24)13-8-17(29-2)18(30-3)9-14(13)16/h4-9,15-16H,10H2,1-3H3,(H,25,28)(H,26,27)/t15-,16-/m0/s1. The minimum atomic E-state index is -5.04. The van der Waals surface area contributed by atoms with Gasteiger partial charge in [0.25, 0.3) is 0 Å². The van der Waals surface area contributed by atoms with Crippen molar-refractivity contribution in [2.75, 3.05) is 19.5 Å². The number of anilines is 1. The third kappa shape index (κ3) is 5.01. The van der Waals surface area contributed by atoms with Gasteiger partial charge in [-0.15, -0.1) is 0 Å². The zero-order chi connectivity index (χ0) is 22.8. The van der Waals surface area contributed by atoms with Crippen LogP contribution in [0.3, 0.4) is 0 Å². The summed E-state index contributed by atoms with van der Waals surface area (Å²) >= 11 is 0. The number of aryl methyl sites for hydroxylation is 1. The van der Waals surface area contributed by atoms with Gasteiger partial charge < -0.3 is 19.5 Å². The van der Waals surface area contributed by atoms with Crippen molar-refractivity contribution in [2.45, 2.75) is 31.7 Å². The predicted octanol–water partition coefficient (Wildman–Crippen LogP) is 4.43. The number of nitrogens with one attached hydrogen (secondary N) is 2. The Hall–Kier alpha value is -3.43. The fraction of sp³-hybridized carbons (Fsp3) is 0.333. The molecule has 0 heterocycles. The molecule has 2 aromatic carbocycles. The van der Waals surface area contributed by atoms with E-state index in [1.165, 1.54) is 26.4 Å². The monoisotopic (exact) mass is 438 g/mol. The van der Waals surface area contributed by atoms with Crippen molar-refractivity contribution in [1.82, 2.24) is 5.32 Å². The molecule has 2 N–H and O–H groups in total. The Balaban J connectivity index is 1.85. The molecule has 10 heteroatoms. The number of halogens is 3.